The fourth-order valence-corrected chi connectivity index (χ4v) is 5.37. The summed E-state index contributed by atoms with van der Waals surface area (Å²) < 4.78 is 40.8. The zero-order chi connectivity index (χ0) is 25.4. The first-order valence-corrected chi connectivity index (χ1v) is 12.3. The van der Waals surface area contributed by atoms with Gasteiger partial charge in [0.25, 0.3) is 5.91 Å². The molecule has 1 saturated heterocycles. The van der Waals surface area contributed by atoms with Crippen LogP contribution < -0.4 is 9.80 Å². The van der Waals surface area contributed by atoms with Crippen molar-refractivity contribution in [1.82, 2.24) is 0 Å². The fourth-order valence-electron chi connectivity index (χ4n) is 4.62. The van der Waals surface area contributed by atoms with Crippen LogP contribution in [-0.2, 0) is 22.2 Å². The lowest BCUT2D eigenvalue weighted by molar-refractivity contribution is -0.137. The average molecular weight is 497 g/mol. The minimum absolute atomic E-state index is 0.0257. The number of amides is 1. The maximum Gasteiger partial charge on any atom is 0.417 e. The van der Waals surface area contributed by atoms with Gasteiger partial charge in [0.1, 0.15) is 5.54 Å². The summed E-state index contributed by atoms with van der Waals surface area (Å²) in [5.74, 6) is -0.327. The van der Waals surface area contributed by atoms with Crippen molar-refractivity contribution in [3.8, 4) is 11.8 Å². The Morgan fingerprint density at radius 1 is 1.20 bits per heavy atom. The van der Waals surface area contributed by atoms with Crippen molar-refractivity contribution in [2.45, 2.75) is 50.6 Å². The van der Waals surface area contributed by atoms with Crippen LogP contribution in [0.4, 0.5) is 24.5 Å². The average Bonchev–Trinajstić information content (AvgIpc) is 3.10. The third kappa shape index (κ3) is 4.26. The maximum atomic E-state index is 13.7. The van der Waals surface area contributed by atoms with Crippen LogP contribution in [0.3, 0.4) is 0 Å². The van der Waals surface area contributed by atoms with E-state index in [0.29, 0.717) is 43.8 Å². The van der Waals surface area contributed by atoms with E-state index in [-0.39, 0.29) is 28.0 Å². The Labute approximate surface area is 205 Å². The molecule has 2 fully saturated rings. The van der Waals surface area contributed by atoms with Gasteiger partial charge in [-0.15, -0.1) is 5.69 Å². The Kier molecular flexibility index (Phi) is 6.59. The number of aryl methyl sites for hydroxylation is 1. The summed E-state index contributed by atoms with van der Waals surface area (Å²) in [4.78, 5) is 28.4. The predicted molar refractivity (Wildman–Crippen MR) is 134 cm³/mol. The first-order chi connectivity index (χ1) is 16.7. The smallest absolute Gasteiger partial charge is 0.312 e. The third-order valence-electron chi connectivity index (χ3n) is 6.69. The molecule has 0 N–H and O–H groups in total. The van der Waals surface area contributed by atoms with E-state index in [4.69, 9.17) is 10.9 Å². The molecule has 1 amide bonds. The molecule has 4 rings (SSSR count). The molecule has 2 aliphatic rings. The van der Waals surface area contributed by atoms with E-state index in [2.05, 4.69) is 0 Å². The molecule has 0 unspecified atom stereocenters. The highest BCUT2D eigenvalue weighted by Gasteiger charge is 2.59. The SMILES string of the molecule is C#[SH]=C1N(c2ccc(C#N)c(C(F)(F)F)c2)C(=O)C2(CCC2)N1c1ccc(CCC(=O)BC)cc1. The lowest BCUT2D eigenvalue weighted by Gasteiger charge is -2.43. The Balaban J connectivity index is 1.74. The second-order valence-electron chi connectivity index (χ2n) is 8.69. The summed E-state index contributed by atoms with van der Waals surface area (Å²) in [7, 11) is 0.711. The van der Waals surface area contributed by atoms with Gasteiger partial charge in [-0.3, -0.25) is 9.69 Å². The molecule has 0 radical (unpaired) electrons. The number of anilines is 2. The first kappa shape index (κ1) is 24.7. The van der Waals surface area contributed by atoms with Crippen molar-refractivity contribution in [2.24, 2.45) is 0 Å². The third-order valence-corrected chi connectivity index (χ3v) is 7.32. The topological polar surface area (TPSA) is 64.4 Å². The molecule has 0 bridgehead atoms. The number of nitrogens with zero attached hydrogens (tertiary/aromatic N) is 3. The summed E-state index contributed by atoms with van der Waals surface area (Å²) in [6.45, 7) is 1.83. The molecule has 1 aliphatic heterocycles. The number of carbonyl (C=O) groups is 2. The molecule has 10 heteroatoms. The number of halogens is 3. The van der Waals surface area contributed by atoms with Gasteiger partial charge in [-0.25, -0.2) is 0 Å². The van der Waals surface area contributed by atoms with Gasteiger partial charge in [0.05, 0.1) is 28.6 Å². The Morgan fingerprint density at radius 2 is 1.86 bits per heavy atom. The quantitative estimate of drug-likeness (QED) is 0.364. The van der Waals surface area contributed by atoms with Crippen molar-refractivity contribution in [3.63, 3.8) is 0 Å². The number of nitriles is 1. The van der Waals surface area contributed by atoms with Crippen LogP contribution >= 0.6 is 10.8 Å². The zero-order valence-corrected chi connectivity index (χ0v) is 20.0. The van der Waals surface area contributed by atoms with Gasteiger partial charge in [0.15, 0.2) is 5.11 Å². The number of benzene rings is 2. The van der Waals surface area contributed by atoms with Crippen molar-refractivity contribution in [1.29, 1.82) is 5.26 Å². The van der Waals surface area contributed by atoms with Crippen molar-refractivity contribution in [2.75, 3.05) is 9.80 Å². The van der Waals surface area contributed by atoms with E-state index in [0.717, 1.165) is 24.1 Å². The van der Waals surface area contributed by atoms with E-state index in [1.807, 2.05) is 36.0 Å². The molecule has 1 saturated carbocycles. The number of hydrogen-bond donors (Lipinski definition) is 1. The van der Waals surface area contributed by atoms with E-state index in [9.17, 15) is 22.8 Å². The normalized spacial score (nSPS) is 16.7. The van der Waals surface area contributed by atoms with Crippen molar-refractivity contribution in [3.05, 3.63) is 59.2 Å². The highest BCUT2D eigenvalue weighted by atomic mass is 32.1. The molecule has 1 aliphatic carbocycles. The molecule has 2 aromatic carbocycles. The molecule has 180 valence electrons. The highest BCUT2D eigenvalue weighted by molar-refractivity contribution is 7.88. The van der Waals surface area contributed by atoms with Crippen LogP contribution in [0.2, 0.25) is 6.82 Å². The van der Waals surface area contributed by atoms with Gasteiger partial charge in [-0.2, -0.15) is 29.2 Å². The summed E-state index contributed by atoms with van der Waals surface area (Å²) in [6, 6.07) is 12.3. The molecular formula is C25H23BF3N3O2S. The summed E-state index contributed by atoms with van der Waals surface area (Å²) in [5.41, 5.74) is 5.44. The van der Waals surface area contributed by atoms with Crippen LogP contribution in [0.1, 0.15) is 42.4 Å². The van der Waals surface area contributed by atoms with Crippen molar-refractivity contribution >= 4 is 46.1 Å². The molecule has 0 aromatic heterocycles. The molecule has 5 nitrogen and oxygen atoms in total. The number of rotatable bonds is 6. The second kappa shape index (κ2) is 9.33. The summed E-state index contributed by atoms with van der Waals surface area (Å²) in [6.07, 6.45) is -1.77. The van der Waals surface area contributed by atoms with Crippen LogP contribution in [0.5, 0.6) is 0 Å². The van der Waals surface area contributed by atoms with E-state index >= 15 is 0 Å². The minimum Gasteiger partial charge on any atom is -0.312 e. The molecule has 35 heavy (non-hydrogen) atoms. The van der Waals surface area contributed by atoms with Gasteiger partial charge in [0, 0.05) is 12.1 Å². The van der Waals surface area contributed by atoms with Gasteiger partial charge in [0.2, 0.25) is 7.28 Å². The number of carbonyl (C=O) groups excluding carboxylic acids is 2. The lowest BCUT2D eigenvalue weighted by atomic mass is 9.74. The van der Waals surface area contributed by atoms with Gasteiger partial charge < -0.3 is 9.69 Å². The molecule has 1 spiro atoms. The van der Waals surface area contributed by atoms with Gasteiger partial charge >= 0.3 is 6.18 Å². The maximum absolute atomic E-state index is 13.7. The van der Waals surface area contributed by atoms with E-state index in [1.54, 1.807) is 6.07 Å². The largest absolute Gasteiger partial charge is 0.417 e. The predicted octanol–water partition coefficient (Wildman–Crippen LogP) is 4.44. The van der Waals surface area contributed by atoms with Crippen LogP contribution in [0, 0.1) is 17.0 Å². The van der Waals surface area contributed by atoms with Gasteiger partial charge in [-0.1, -0.05) is 19.0 Å². The van der Waals surface area contributed by atoms with Crippen LogP contribution in [0.25, 0.3) is 0 Å². The summed E-state index contributed by atoms with van der Waals surface area (Å²) in [5, 5.41) is 9.49. The highest BCUT2D eigenvalue weighted by Crippen LogP contribution is 2.48. The number of thiol groups is 1. The number of alkyl halides is 3. The van der Waals surface area contributed by atoms with Crippen LogP contribution in [-0.4, -0.2) is 29.5 Å². The molecule has 1 heterocycles. The van der Waals surface area contributed by atoms with Crippen LogP contribution in [0.15, 0.2) is 42.5 Å². The second-order valence-corrected chi connectivity index (χ2v) is 9.35. The van der Waals surface area contributed by atoms with Gasteiger partial charge in [-0.05, 0) is 61.6 Å². The minimum atomic E-state index is -4.74. The Morgan fingerprint density at radius 3 is 2.37 bits per heavy atom. The summed E-state index contributed by atoms with van der Waals surface area (Å²) >= 11 is 0. The monoisotopic (exact) mass is 497 g/mol. The molecular weight excluding hydrogens is 474 g/mol. The Bertz CT molecular complexity index is 1330. The van der Waals surface area contributed by atoms with Crippen molar-refractivity contribution < 1.29 is 22.8 Å². The molecule has 0 atom stereocenters. The van der Waals surface area contributed by atoms with E-state index in [1.165, 1.54) is 11.0 Å². The molecule has 2 aromatic rings. The zero-order valence-electron chi connectivity index (χ0n) is 19.1. The first-order valence-electron chi connectivity index (χ1n) is 11.3. The number of hydrogen-bond acceptors (Lipinski definition) is 3. The van der Waals surface area contributed by atoms with E-state index < -0.39 is 22.8 Å². The lowest BCUT2D eigenvalue weighted by Crippen LogP contribution is -2.55. The fraction of sp³-hybridized carbons (Fsp3) is 0.320. The standard InChI is InChI=1S/C25H23BF3N3O2S/c1-26-21(33)11-6-16-4-8-18(9-5-16)32-23(35-2)31(22(34)24(32)12-3-13-24)19-10-7-17(15-30)20(14-19)25(27,28)29/h2,4-5,7-10,14,26,35H,3,6,11-13H2,1H3. The Hall–Kier alpha value is -3.41.